The van der Waals surface area contributed by atoms with E-state index in [0.29, 0.717) is 17.9 Å². The number of carboxylic acid groups (broad SMARTS) is 1. The zero-order chi connectivity index (χ0) is 20.2. The van der Waals surface area contributed by atoms with Crippen LogP contribution in [0.2, 0.25) is 0 Å². The first-order chi connectivity index (χ1) is 14.2. The summed E-state index contributed by atoms with van der Waals surface area (Å²) in [5, 5.41) is 18.4. The number of carboxylic acids is 1. The molecule has 1 heterocycles. The summed E-state index contributed by atoms with van der Waals surface area (Å²) in [7, 11) is 0. The predicted octanol–water partition coefficient (Wildman–Crippen LogP) is 5.96. The molecule has 4 rings (SSSR count). The lowest BCUT2D eigenvalue weighted by atomic mass is 9.83. The molecule has 0 fully saturated rings. The van der Waals surface area contributed by atoms with Gasteiger partial charge >= 0.3 is 5.97 Å². The highest BCUT2D eigenvalue weighted by molar-refractivity contribution is 5.88. The number of unbranched alkanes of at least 4 members (excludes halogenated alkanes) is 1. The van der Waals surface area contributed by atoms with Gasteiger partial charge in [-0.2, -0.15) is 5.26 Å². The van der Waals surface area contributed by atoms with E-state index in [2.05, 4.69) is 28.8 Å². The normalized spacial score (nSPS) is 15.5. The Balaban J connectivity index is 1.86. The molecular weight excluding hydrogens is 360 g/mol. The Labute approximate surface area is 171 Å². The van der Waals surface area contributed by atoms with E-state index in [-0.39, 0.29) is 0 Å². The van der Waals surface area contributed by atoms with Crippen molar-refractivity contribution in [2.24, 2.45) is 0 Å². The minimum atomic E-state index is -0.913. The van der Waals surface area contributed by atoms with E-state index in [1.54, 1.807) is 12.1 Å². The zero-order valence-corrected chi connectivity index (χ0v) is 16.3. The highest BCUT2D eigenvalue weighted by Gasteiger charge is 2.26. The smallest absolute Gasteiger partial charge is 0.335 e. The van der Waals surface area contributed by atoms with Crippen LogP contribution in [0.5, 0.6) is 0 Å². The van der Waals surface area contributed by atoms with Crippen LogP contribution in [-0.2, 0) is 6.42 Å². The summed E-state index contributed by atoms with van der Waals surface area (Å²) >= 11 is 0. The summed E-state index contributed by atoms with van der Waals surface area (Å²) in [6, 6.07) is 22.0. The Bertz CT molecular complexity index is 1060. The molecule has 4 nitrogen and oxygen atoms in total. The number of fused-ring (bicyclic) bond motifs is 1. The molecular formula is C25H24N2O2. The quantitative estimate of drug-likeness (QED) is 0.534. The van der Waals surface area contributed by atoms with E-state index < -0.39 is 5.97 Å². The molecule has 0 aliphatic heterocycles. The van der Waals surface area contributed by atoms with Crippen molar-refractivity contribution in [2.45, 2.75) is 44.4 Å². The lowest BCUT2D eigenvalue weighted by Gasteiger charge is -2.24. The number of hydrogen-bond acceptors (Lipinski definition) is 2. The Morgan fingerprint density at radius 2 is 1.97 bits per heavy atom. The number of nitriles is 1. The minimum Gasteiger partial charge on any atom is -0.478 e. The number of benzene rings is 2. The maximum absolute atomic E-state index is 11.5. The molecule has 0 spiro atoms. The van der Waals surface area contributed by atoms with Gasteiger partial charge < -0.3 is 9.67 Å². The Morgan fingerprint density at radius 3 is 2.72 bits per heavy atom. The minimum absolute atomic E-state index is 0.297. The Hall–Kier alpha value is -3.32. The number of nitrogens with zero attached hydrogens (tertiary/aromatic N) is 2. The third-order valence-corrected chi connectivity index (χ3v) is 5.80. The van der Waals surface area contributed by atoms with Gasteiger partial charge in [0.25, 0.3) is 0 Å². The maximum Gasteiger partial charge on any atom is 0.335 e. The first-order valence-electron chi connectivity index (χ1n) is 10.2. The monoisotopic (exact) mass is 384 g/mol. The third kappa shape index (κ3) is 3.82. The van der Waals surface area contributed by atoms with Crippen molar-refractivity contribution in [3.63, 3.8) is 0 Å². The molecule has 1 aliphatic carbocycles. The van der Waals surface area contributed by atoms with Crippen LogP contribution < -0.4 is 0 Å². The van der Waals surface area contributed by atoms with Crippen LogP contribution in [0, 0.1) is 11.3 Å². The van der Waals surface area contributed by atoms with Crippen LogP contribution >= 0.6 is 0 Å². The molecule has 0 amide bonds. The molecule has 0 radical (unpaired) electrons. The summed E-state index contributed by atoms with van der Waals surface area (Å²) in [5.74, 6) is -0.456. The zero-order valence-electron chi connectivity index (χ0n) is 16.3. The lowest BCUT2D eigenvalue weighted by molar-refractivity contribution is 0.0697. The van der Waals surface area contributed by atoms with E-state index in [1.165, 1.54) is 11.3 Å². The summed E-state index contributed by atoms with van der Waals surface area (Å²) in [5.41, 5.74) is 6.05. The number of aromatic carboxylic acids is 1. The van der Waals surface area contributed by atoms with Crippen molar-refractivity contribution in [3.05, 3.63) is 77.5 Å². The van der Waals surface area contributed by atoms with E-state index in [4.69, 9.17) is 5.26 Å². The summed E-state index contributed by atoms with van der Waals surface area (Å²) < 4.78 is 2.24. The molecule has 3 aromatic rings. The van der Waals surface area contributed by atoms with Gasteiger partial charge in [0, 0.05) is 17.8 Å². The van der Waals surface area contributed by atoms with Crippen molar-refractivity contribution in [1.82, 2.24) is 4.57 Å². The van der Waals surface area contributed by atoms with Gasteiger partial charge in [0.05, 0.1) is 17.3 Å². The topological polar surface area (TPSA) is 66.0 Å². The van der Waals surface area contributed by atoms with E-state index >= 15 is 0 Å². The second-order valence-corrected chi connectivity index (χ2v) is 7.63. The van der Waals surface area contributed by atoms with E-state index in [9.17, 15) is 9.90 Å². The average molecular weight is 384 g/mol. The largest absolute Gasteiger partial charge is 0.478 e. The molecule has 0 bridgehead atoms. The summed E-state index contributed by atoms with van der Waals surface area (Å²) in [6.45, 7) is 0. The standard InChI is InChI=1S/C25H24N2O2/c26-15-5-4-8-18-11-7-14-23-22(18)17-24(19-9-2-1-3-10-19)27(23)21-13-6-12-20(16-21)25(28)29/h1-3,6,9-10,12-13,16-18H,4-5,7-8,11,14H2,(H,28,29). The van der Waals surface area contributed by atoms with Crippen LogP contribution in [-0.4, -0.2) is 15.6 Å². The van der Waals surface area contributed by atoms with Crippen molar-refractivity contribution >= 4 is 5.97 Å². The molecule has 2 aromatic carbocycles. The molecule has 0 saturated heterocycles. The van der Waals surface area contributed by atoms with Crippen molar-refractivity contribution in [1.29, 1.82) is 5.26 Å². The summed E-state index contributed by atoms with van der Waals surface area (Å²) in [4.78, 5) is 11.5. The lowest BCUT2D eigenvalue weighted by Crippen LogP contribution is -2.12. The van der Waals surface area contributed by atoms with Crippen LogP contribution in [0.15, 0.2) is 60.7 Å². The number of hydrogen-bond donors (Lipinski definition) is 1. The fraction of sp³-hybridized carbons (Fsp3) is 0.280. The van der Waals surface area contributed by atoms with Gasteiger partial charge in [-0.15, -0.1) is 0 Å². The SMILES string of the molecule is N#CCCCC1CCCc2c1cc(-c1ccccc1)n2-c1cccc(C(=O)O)c1. The average Bonchev–Trinajstić information content (AvgIpc) is 3.15. The highest BCUT2D eigenvalue weighted by Crippen LogP contribution is 2.41. The third-order valence-electron chi connectivity index (χ3n) is 5.80. The fourth-order valence-corrected chi connectivity index (χ4v) is 4.47. The Kier molecular flexibility index (Phi) is 5.48. The molecule has 1 unspecified atom stereocenters. The first kappa shape index (κ1) is 19.0. The second kappa shape index (κ2) is 8.36. The van der Waals surface area contributed by atoms with Gasteiger partial charge in [-0.1, -0.05) is 36.4 Å². The Morgan fingerprint density at radius 1 is 1.14 bits per heavy atom. The van der Waals surface area contributed by atoms with Crippen molar-refractivity contribution in [3.8, 4) is 23.0 Å². The van der Waals surface area contributed by atoms with Crippen LogP contribution in [0.25, 0.3) is 16.9 Å². The molecule has 29 heavy (non-hydrogen) atoms. The number of aromatic nitrogens is 1. The molecule has 1 aromatic heterocycles. The van der Waals surface area contributed by atoms with Crippen LogP contribution in [0.1, 0.15) is 59.6 Å². The van der Waals surface area contributed by atoms with Gasteiger partial charge in [-0.3, -0.25) is 0 Å². The van der Waals surface area contributed by atoms with Gasteiger partial charge in [0.2, 0.25) is 0 Å². The van der Waals surface area contributed by atoms with Crippen molar-refractivity contribution in [2.75, 3.05) is 0 Å². The van der Waals surface area contributed by atoms with Crippen LogP contribution in [0.3, 0.4) is 0 Å². The van der Waals surface area contributed by atoms with Gasteiger partial charge in [0.1, 0.15) is 0 Å². The molecule has 4 heteroatoms. The molecule has 1 aliphatic rings. The van der Waals surface area contributed by atoms with Crippen molar-refractivity contribution < 1.29 is 9.90 Å². The first-order valence-corrected chi connectivity index (χ1v) is 10.2. The molecule has 1 atom stereocenters. The van der Waals surface area contributed by atoms with E-state index in [0.717, 1.165) is 49.0 Å². The summed E-state index contributed by atoms with van der Waals surface area (Å²) in [6.07, 6.45) is 5.77. The van der Waals surface area contributed by atoms with Gasteiger partial charge in [-0.05, 0) is 73.4 Å². The van der Waals surface area contributed by atoms with Gasteiger partial charge in [-0.25, -0.2) is 4.79 Å². The fourth-order valence-electron chi connectivity index (χ4n) is 4.47. The molecule has 1 N–H and O–H groups in total. The second-order valence-electron chi connectivity index (χ2n) is 7.63. The molecule has 0 saturated carbocycles. The highest BCUT2D eigenvalue weighted by atomic mass is 16.4. The van der Waals surface area contributed by atoms with Gasteiger partial charge in [0.15, 0.2) is 0 Å². The maximum atomic E-state index is 11.5. The number of rotatable bonds is 6. The predicted molar refractivity (Wildman–Crippen MR) is 113 cm³/mol. The number of carbonyl (C=O) groups is 1. The van der Waals surface area contributed by atoms with E-state index in [1.807, 2.05) is 30.3 Å². The van der Waals surface area contributed by atoms with Crippen LogP contribution in [0.4, 0.5) is 0 Å². The molecule has 146 valence electrons.